The van der Waals surface area contributed by atoms with Gasteiger partial charge in [-0.1, -0.05) is 6.92 Å². The molecule has 0 saturated heterocycles. The Balaban J connectivity index is 2.35. The van der Waals surface area contributed by atoms with E-state index in [1.807, 2.05) is 6.92 Å². The monoisotopic (exact) mass is 173 g/mol. The fourth-order valence-corrected chi connectivity index (χ4v) is 1.69. The van der Waals surface area contributed by atoms with E-state index in [-0.39, 0.29) is 18.1 Å². The first kappa shape index (κ1) is 9.32. The molecule has 1 saturated carbocycles. The summed E-state index contributed by atoms with van der Waals surface area (Å²) in [6.45, 7) is 1.94. The summed E-state index contributed by atoms with van der Waals surface area (Å²) in [6, 6.07) is 0.0286. The lowest BCUT2D eigenvalue weighted by atomic mass is 9.85. The van der Waals surface area contributed by atoms with Gasteiger partial charge in [-0.3, -0.25) is 0 Å². The maximum absolute atomic E-state index is 10.3. The first-order valence-electron chi connectivity index (χ1n) is 4.27. The summed E-state index contributed by atoms with van der Waals surface area (Å²) >= 11 is 0. The molecule has 0 aromatic heterocycles. The Morgan fingerprint density at radius 1 is 1.50 bits per heavy atom. The van der Waals surface area contributed by atoms with E-state index < -0.39 is 6.09 Å². The van der Waals surface area contributed by atoms with Crippen molar-refractivity contribution in [3.63, 3.8) is 0 Å². The Morgan fingerprint density at radius 2 is 2.17 bits per heavy atom. The highest BCUT2D eigenvalue weighted by atomic mass is 16.4. The van der Waals surface area contributed by atoms with Gasteiger partial charge in [-0.2, -0.15) is 0 Å². The van der Waals surface area contributed by atoms with Crippen LogP contribution in [-0.4, -0.2) is 28.5 Å². The number of nitrogens with one attached hydrogen (secondary N) is 1. The van der Waals surface area contributed by atoms with Gasteiger partial charge in [0.2, 0.25) is 0 Å². The van der Waals surface area contributed by atoms with Crippen LogP contribution in [0.1, 0.15) is 26.2 Å². The van der Waals surface area contributed by atoms with E-state index in [0.29, 0.717) is 6.42 Å². The average Bonchev–Trinajstić information content (AvgIpc) is 1.96. The van der Waals surface area contributed by atoms with Crippen molar-refractivity contribution in [1.82, 2.24) is 5.32 Å². The lowest BCUT2D eigenvalue weighted by Crippen LogP contribution is -2.41. The molecule has 4 nitrogen and oxygen atoms in total. The summed E-state index contributed by atoms with van der Waals surface area (Å²) in [7, 11) is 0. The van der Waals surface area contributed by atoms with Crippen molar-refractivity contribution in [2.24, 2.45) is 5.92 Å². The molecule has 70 valence electrons. The number of hydrogen-bond donors (Lipinski definition) is 3. The van der Waals surface area contributed by atoms with Crippen LogP contribution < -0.4 is 5.32 Å². The molecule has 1 aliphatic rings. The normalized spacial score (nSPS) is 36.0. The minimum absolute atomic E-state index is 0.0286. The molecule has 0 radical (unpaired) electrons. The topological polar surface area (TPSA) is 69.6 Å². The lowest BCUT2D eigenvalue weighted by Gasteiger charge is -2.30. The van der Waals surface area contributed by atoms with Crippen molar-refractivity contribution in [2.45, 2.75) is 38.3 Å². The first-order valence-corrected chi connectivity index (χ1v) is 4.27. The van der Waals surface area contributed by atoms with E-state index in [1.165, 1.54) is 0 Å². The maximum atomic E-state index is 10.3. The number of amides is 1. The maximum Gasteiger partial charge on any atom is 0.404 e. The molecule has 0 spiro atoms. The van der Waals surface area contributed by atoms with Gasteiger partial charge < -0.3 is 15.5 Å². The molecule has 0 bridgehead atoms. The molecule has 0 unspecified atom stereocenters. The summed E-state index contributed by atoms with van der Waals surface area (Å²) in [6.07, 6.45) is 0.970. The number of rotatable bonds is 1. The molecular weight excluding hydrogens is 158 g/mol. The standard InChI is InChI=1S/C8H15NO3/c1-5-4-6(9-8(11)12)2-3-7(5)10/h5-7,9-10H,2-4H2,1H3,(H,11,12)/t5-,6-,7+/m1/s1. The summed E-state index contributed by atoms with van der Waals surface area (Å²) in [4.78, 5) is 10.3. The van der Waals surface area contributed by atoms with Gasteiger partial charge in [0.25, 0.3) is 0 Å². The van der Waals surface area contributed by atoms with Crippen molar-refractivity contribution < 1.29 is 15.0 Å². The van der Waals surface area contributed by atoms with Gasteiger partial charge in [0, 0.05) is 6.04 Å². The van der Waals surface area contributed by atoms with Crippen molar-refractivity contribution in [2.75, 3.05) is 0 Å². The zero-order valence-corrected chi connectivity index (χ0v) is 7.16. The largest absolute Gasteiger partial charge is 0.465 e. The molecular formula is C8H15NO3. The van der Waals surface area contributed by atoms with Crippen molar-refractivity contribution in [3.8, 4) is 0 Å². The summed E-state index contributed by atoms with van der Waals surface area (Å²) < 4.78 is 0. The fourth-order valence-electron chi connectivity index (χ4n) is 1.69. The van der Waals surface area contributed by atoms with Crippen LogP contribution in [0.15, 0.2) is 0 Å². The Labute approximate surface area is 71.6 Å². The second kappa shape index (κ2) is 3.76. The smallest absolute Gasteiger partial charge is 0.404 e. The van der Waals surface area contributed by atoms with Crippen LogP contribution in [0.5, 0.6) is 0 Å². The molecule has 1 amide bonds. The number of aliphatic hydroxyl groups is 1. The predicted molar refractivity (Wildman–Crippen MR) is 44.0 cm³/mol. The first-order chi connectivity index (χ1) is 5.59. The third-order valence-corrected chi connectivity index (χ3v) is 2.45. The van der Waals surface area contributed by atoms with Gasteiger partial charge >= 0.3 is 6.09 Å². The van der Waals surface area contributed by atoms with Crippen LogP contribution in [0.4, 0.5) is 4.79 Å². The Kier molecular flexibility index (Phi) is 2.92. The average molecular weight is 173 g/mol. The number of aliphatic hydroxyl groups excluding tert-OH is 1. The van der Waals surface area contributed by atoms with Crippen LogP contribution >= 0.6 is 0 Å². The minimum Gasteiger partial charge on any atom is -0.465 e. The zero-order valence-electron chi connectivity index (χ0n) is 7.16. The second-order valence-electron chi connectivity index (χ2n) is 3.50. The second-order valence-corrected chi connectivity index (χ2v) is 3.50. The van der Waals surface area contributed by atoms with E-state index >= 15 is 0 Å². The van der Waals surface area contributed by atoms with Gasteiger partial charge in [0.15, 0.2) is 0 Å². The highest BCUT2D eigenvalue weighted by molar-refractivity contribution is 5.64. The molecule has 1 fully saturated rings. The van der Waals surface area contributed by atoms with Crippen LogP contribution in [0.2, 0.25) is 0 Å². The third-order valence-electron chi connectivity index (χ3n) is 2.45. The molecule has 12 heavy (non-hydrogen) atoms. The number of carbonyl (C=O) groups is 1. The quantitative estimate of drug-likeness (QED) is 0.549. The highest BCUT2D eigenvalue weighted by Gasteiger charge is 2.26. The number of carboxylic acid groups (broad SMARTS) is 1. The highest BCUT2D eigenvalue weighted by Crippen LogP contribution is 2.23. The zero-order chi connectivity index (χ0) is 9.14. The van der Waals surface area contributed by atoms with E-state index in [4.69, 9.17) is 5.11 Å². The minimum atomic E-state index is -0.969. The van der Waals surface area contributed by atoms with E-state index in [9.17, 15) is 9.90 Å². The van der Waals surface area contributed by atoms with Gasteiger partial charge in [-0.25, -0.2) is 4.79 Å². The predicted octanol–water partition coefficient (Wildman–Crippen LogP) is 0.803. The Morgan fingerprint density at radius 3 is 2.67 bits per heavy atom. The Hall–Kier alpha value is -0.770. The van der Waals surface area contributed by atoms with Crippen molar-refractivity contribution in [1.29, 1.82) is 0 Å². The molecule has 0 heterocycles. The number of hydrogen-bond acceptors (Lipinski definition) is 2. The van der Waals surface area contributed by atoms with Crippen molar-refractivity contribution >= 4 is 6.09 Å². The molecule has 1 rings (SSSR count). The van der Waals surface area contributed by atoms with Crippen molar-refractivity contribution in [3.05, 3.63) is 0 Å². The van der Waals surface area contributed by atoms with Gasteiger partial charge in [-0.15, -0.1) is 0 Å². The molecule has 0 aromatic rings. The van der Waals surface area contributed by atoms with Gasteiger partial charge in [-0.05, 0) is 25.2 Å². The molecule has 4 heteroatoms. The van der Waals surface area contributed by atoms with Crippen LogP contribution in [0.25, 0.3) is 0 Å². The molecule has 3 N–H and O–H groups in total. The van der Waals surface area contributed by atoms with E-state index in [0.717, 1.165) is 12.8 Å². The Bertz CT molecular complexity index is 172. The summed E-state index contributed by atoms with van der Waals surface area (Å²) in [5.41, 5.74) is 0. The van der Waals surface area contributed by atoms with E-state index in [1.54, 1.807) is 0 Å². The van der Waals surface area contributed by atoms with Gasteiger partial charge in [0.1, 0.15) is 0 Å². The molecule has 0 aliphatic heterocycles. The SMILES string of the molecule is C[C@@H]1C[C@H](NC(=O)O)CC[C@@H]1O. The molecule has 3 atom stereocenters. The van der Waals surface area contributed by atoms with Crippen LogP contribution in [0, 0.1) is 5.92 Å². The summed E-state index contributed by atoms with van der Waals surface area (Å²) in [5, 5.41) is 20.2. The molecule has 0 aromatic carbocycles. The fraction of sp³-hybridized carbons (Fsp3) is 0.875. The van der Waals surface area contributed by atoms with Gasteiger partial charge in [0.05, 0.1) is 6.10 Å². The summed E-state index contributed by atoms with van der Waals surface area (Å²) in [5.74, 6) is 0.204. The third kappa shape index (κ3) is 2.37. The molecule has 1 aliphatic carbocycles. The van der Waals surface area contributed by atoms with Crippen LogP contribution in [-0.2, 0) is 0 Å². The van der Waals surface area contributed by atoms with E-state index in [2.05, 4.69) is 5.32 Å². The lowest BCUT2D eigenvalue weighted by molar-refractivity contribution is 0.0656. The van der Waals surface area contributed by atoms with Crippen LogP contribution in [0.3, 0.4) is 0 Å².